The first-order valence-electron chi connectivity index (χ1n) is 12.1. The predicted molar refractivity (Wildman–Crippen MR) is 157 cm³/mol. The zero-order valence-corrected chi connectivity index (χ0v) is 23.2. The fourth-order valence-corrected chi connectivity index (χ4v) is 3.92. The second-order valence-electron chi connectivity index (χ2n) is 8.33. The van der Waals surface area contributed by atoms with Gasteiger partial charge in [0.25, 0.3) is 10.0 Å². The van der Waals surface area contributed by atoms with Crippen molar-refractivity contribution in [2.75, 3.05) is 22.7 Å². The van der Waals surface area contributed by atoms with Crippen LogP contribution in [-0.2, 0) is 19.6 Å². The smallest absolute Gasteiger partial charge is 0.319 e. The minimum atomic E-state index is -4.00. The maximum atomic E-state index is 12.8. The van der Waals surface area contributed by atoms with Crippen LogP contribution in [0, 0.1) is 0 Å². The van der Waals surface area contributed by atoms with Gasteiger partial charge in [0.1, 0.15) is 0 Å². The van der Waals surface area contributed by atoms with Crippen LogP contribution in [0.15, 0.2) is 83.9 Å². The largest absolute Gasteiger partial charge is 0.481 e. The van der Waals surface area contributed by atoms with Gasteiger partial charge in [0.2, 0.25) is 6.41 Å². The van der Waals surface area contributed by atoms with Crippen molar-refractivity contribution in [3.05, 3.63) is 89.5 Å². The third kappa shape index (κ3) is 12.6. The van der Waals surface area contributed by atoms with Crippen molar-refractivity contribution >= 4 is 45.5 Å². The number of aliphatic carboxylic acids is 1. The molecule has 0 heterocycles. The molecular formula is C27H36N6O6S. The lowest BCUT2D eigenvalue weighted by atomic mass is 10.0. The Morgan fingerprint density at radius 2 is 1.73 bits per heavy atom. The van der Waals surface area contributed by atoms with Crippen molar-refractivity contribution in [2.45, 2.75) is 32.7 Å². The van der Waals surface area contributed by atoms with Crippen molar-refractivity contribution in [1.29, 1.82) is 0 Å². The van der Waals surface area contributed by atoms with Gasteiger partial charge in [0.15, 0.2) is 0 Å². The van der Waals surface area contributed by atoms with Crippen molar-refractivity contribution < 1.29 is 27.9 Å². The molecule has 40 heavy (non-hydrogen) atoms. The molecule has 0 aliphatic rings. The fourth-order valence-electron chi connectivity index (χ4n) is 3.04. The monoisotopic (exact) mass is 572 g/mol. The number of sulfonamides is 1. The number of anilines is 3. The molecule has 0 saturated heterocycles. The molecule has 0 saturated carbocycles. The summed E-state index contributed by atoms with van der Waals surface area (Å²) in [7, 11) is -4.00. The van der Waals surface area contributed by atoms with Crippen LogP contribution in [0.3, 0.4) is 0 Å². The summed E-state index contributed by atoms with van der Waals surface area (Å²) in [5, 5.41) is 16.6. The first-order valence-corrected chi connectivity index (χ1v) is 13.6. The van der Waals surface area contributed by atoms with E-state index in [-0.39, 0.29) is 22.7 Å². The van der Waals surface area contributed by atoms with Crippen LogP contribution in [0.25, 0.3) is 0 Å². The number of hydrogen-bond acceptors (Lipinski definition) is 7. The van der Waals surface area contributed by atoms with E-state index in [4.69, 9.17) is 16.6 Å². The van der Waals surface area contributed by atoms with Crippen LogP contribution in [-0.4, -0.2) is 38.5 Å². The fraction of sp³-hybridized carbons (Fsp3) is 0.222. The number of carboxylic acid groups (broad SMARTS) is 1. The van der Waals surface area contributed by atoms with Gasteiger partial charge in [-0.05, 0) is 67.5 Å². The van der Waals surface area contributed by atoms with Gasteiger partial charge < -0.3 is 32.5 Å². The van der Waals surface area contributed by atoms with Gasteiger partial charge in [-0.1, -0.05) is 31.7 Å². The summed E-state index contributed by atoms with van der Waals surface area (Å²) in [5.41, 5.74) is 13.1. The average Bonchev–Trinajstić information content (AvgIpc) is 2.89. The summed E-state index contributed by atoms with van der Waals surface area (Å²) < 4.78 is 27.9. The molecule has 2 aromatic rings. The number of urea groups is 1. The lowest BCUT2D eigenvalue weighted by Gasteiger charge is -2.16. The second kappa shape index (κ2) is 16.9. The molecule has 216 valence electrons. The molecule has 1 unspecified atom stereocenters. The summed E-state index contributed by atoms with van der Waals surface area (Å²) in [6.07, 6.45) is 4.90. The Morgan fingerprint density at radius 3 is 2.25 bits per heavy atom. The zero-order chi connectivity index (χ0) is 30.1. The molecule has 0 spiro atoms. The van der Waals surface area contributed by atoms with Gasteiger partial charge in [-0.3, -0.25) is 14.3 Å². The van der Waals surface area contributed by atoms with E-state index in [0.29, 0.717) is 18.5 Å². The van der Waals surface area contributed by atoms with Gasteiger partial charge in [-0.25, -0.2) is 13.2 Å². The summed E-state index contributed by atoms with van der Waals surface area (Å²) in [4.78, 5) is 33.6. The number of nitrogens with one attached hydrogen (secondary N) is 4. The summed E-state index contributed by atoms with van der Waals surface area (Å²) in [6.45, 7) is 7.28. The molecule has 0 aliphatic heterocycles. The third-order valence-corrected chi connectivity index (χ3v) is 6.47. The molecule has 0 bridgehead atoms. The zero-order valence-electron chi connectivity index (χ0n) is 22.4. The van der Waals surface area contributed by atoms with E-state index in [1.807, 2.05) is 6.92 Å². The summed E-state index contributed by atoms with van der Waals surface area (Å²) >= 11 is 0. The standard InChI is InChI=1S/C21H28N4O6S.C6H8N2/c1-4-7-17(24-21(29)22-10-5-2)11-15(3)32(30,31)25-18-9-6-8-16(12-18)19(23-14-26)13-20(27)28;7-5-1-2-6(8)4-3-5/h4,6-9,11-12,14,19,25H,1,5,10,13H2,2-3H3,(H,23,26)(H,27,28)(H2,22,24,29);1-4H,7-8H2/b15-11+,17-7+;. The molecule has 0 radical (unpaired) electrons. The first-order chi connectivity index (χ1) is 18.9. The van der Waals surface area contributed by atoms with Crippen LogP contribution in [0.5, 0.6) is 0 Å². The number of allylic oxidation sites excluding steroid dienone is 4. The van der Waals surface area contributed by atoms with Gasteiger partial charge in [0.05, 0.1) is 17.4 Å². The maximum absolute atomic E-state index is 12.8. The number of nitrogens with two attached hydrogens (primary N) is 2. The van der Waals surface area contributed by atoms with Crippen LogP contribution in [0.2, 0.25) is 0 Å². The highest BCUT2D eigenvalue weighted by atomic mass is 32.2. The molecule has 0 aromatic heterocycles. The molecule has 12 nitrogen and oxygen atoms in total. The highest BCUT2D eigenvalue weighted by Crippen LogP contribution is 2.22. The van der Waals surface area contributed by atoms with Crippen molar-refractivity contribution in [2.24, 2.45) is 0 Å². The number of benzene rings is 2. The van der Waals surface area contributed by atoms with E-state index in [1.54, 1.807) is 30.3 Å². The molecular weight excluding hydrogens is 536 g/mol. The van der Waals surface area contributed by atoms with Gasteiger partial charge in [-0.2, -0.15) is 0 Å². The number of carbonyl (C=O) groups is 3. The summed E-state index contributed by atoms with van der Waals surface area (Å²) in [5.74, 6) is -1.12. The quantitative estimate of drug-likeness (QED) is 0.107. The van der Waals surface area contributed by atoms with Crippen molar-refractivity contribution in [3.8, 4) is 0 Å². The summed E-state index contributed by atoms with van der Waals surface area (Å²) in [6, 6.07) is 11.8. The number of carboxylic acids is 1. The minimum absolute atomic E-state index is 0.0834. The molecule has 1 atom stereocenters. The van der Waals surface area contributed by atoms with E-state index in [2.05, 4.69) is 27.3 Å². The van der Waals surface area contributed by atoms with E-state index in [1.165, 1.54) is 43.4 Å². The SMILES string of the molecule is C=C/C=C(\C=C(/C)S(=O)(=O)Nc1cccc(C(CC(=O)O)NC=O)c1)NC(=O)NCCC.Nc1ccc(N)cc1. The predicted octanol–water partition coefficient (Wildman–Crippen LogP) is 3.22. The maximum Gasteiger partial charge on any atom is 0.319 e. The highest BCUT2D eigenvalue weighted by Gasteiger charge is 2.18. The Labute approximate surface area is 234 Å². The number of nitrogen functional groups attached to an aromatic ring is 2. The Balaban J connectivity index is 0.000000850. The lowest BCUT2D eigenvalue weighted by molar-refractivity contribution is -0.137. The van der Waals surface area contributed by atoms with Gasteiger partial charge >= 0.3 is 12.0 Å². The minimum Gasteiger partial charge on any atom is -0.481 e. The Kier molecular flexibility index (Phi) is 14.1. The Morgan fingerprint density at radius 1 is 1.10 bits per heavy atom. The van der Waals surface area contributed by atoms with Gasteiger partial charge in [-0.15, -0.1) is 0 Å². The highest BCUT2D eigenvalue weighted by molar-refractivity contribution is 7.96. The van der Waals surface area contributed by atoms with Crippen molar-refractivity contribution in [1.82, 2.24) is 16.0 Å². The normalized spacial score (nSPS) is 12.2. The number of hydrogen-bond donors (Lipinski definition) is 7. The van der Waals surface area contributed by atoms with Crippen molar-refractivity contribution in [3.63, 3.8) is 0 Å². The molecule has 9 N–H and O–H groups in total. The molecule has 13 heteroatoms. The van der Waals surface area contributed by atoms with E-state index >= 15 is 0 Å². The molecule has 3 amide bonds. The molecule has 0 fully saturated rings. The van der Waals surface area contributed by atoms with Crippen LogP contribution >= 0.6 is 0 Å². The van der Waals surface area contributed by atoms with Crippen LogP contribution in [0.4, 0.5) is 21.9 Å². The van der Waals surface area contributed by atoms with E-state index in [9.17, 15) is 22.8 Å². The van der Waals surface area contributed by atoms with Crippen LogP contribution < -0.4 is 32.1 Å². The molecule has 0 aliphatic carbocycles. The molecule has 2 aromatic carbocycles. The number of carbonyl (C=O) groups excluding carboxylic acids is 2. The van der Waals surface area contributed by atoms with Gasteiger partial charge in [0, 0.05) is 29.3 Å². The van der Waals surface area contributed by atoms with E-state index < -0.39 is 28.1 Å². The Bertz CT molecular complexity index is 1300. The lowest BCUT2D eigenvalue weighted by Crippen LogP contribution is -2.35. The molecule has 2 rings (SSSR count). The third-order valence-electron chi connectivity index (χ3n) is 5.00. The van der Waals surface area contributed by atoms with E-state index in [0.717, 1.165) is 17.8 Å². The average molecular weight is 573 g/mol. The Hall–Kier alpha value is -4.78. The first kappa shape index (κ1) is 33.2. The number of amides is 3. The topological polar surface area (TPSA) is 206 Å². The second-order valence-corrected chi connectivity index (χ2v) is 10.2. The number of rotatable bonds is 13. The van der Waals surface area contributed by atoms with Crippen LogP contribution in [0.1, 0.15) is 38.3 Å².